The van der Waals surface area contributed by atoms with Gasteiger partial charge in [-0.1, -0.05) is 6.07 Å². The van der Waals surface area contributed by atoms with Crippen LogP contribution < -0.4 is 5.56 Å². The summed E-state index contributed by atoms with van der Waals surface area (Å²) in [5, 5.41) is 0.387. The number of hydrogen-bond acceptors (Lipinski definition) is 4. The Balaban J connectivity index is 1.92. The van der Waals surface area contributed by atoms with Gasteiger partial charge in [0.15, 0.2) is 0 Å². The lowest BCUT2D eigenvalue weighted by atomic mass is 10.1. The summed E-state index contributed by atoms with van der Waals surface area (Å²) in [5.74, 6) is 0.131. The van der Waals surface area contributed by atoms with Crippen molar-refractivity contribution in [2.45, 2.75) is 65.2 Å². The molecule has 0 saturated carbocycles. The fourth-order valence-corrected chi connectivity index (χ4v) is 3.52. The van der Waals surface area contributed by atoms with Crippen molar-refractivity contribution in [3.05, 3.63) is 69.8 Å². The van der Waals surface area contributed by atoms with Crippen molar-refractivity contribution in [3.8, 4) is 5.69 Å². The van der Waals surface area contributed by atoms with Crippen LogP contribution >= 0.6 is 0 Å². The van der Waals surface area contributed by atoms with Crippen molar-refractivity contribution in [1.82, 2.24) is 9.55 Å². The van der Waals surface area contributed by atoms with Gasteiger partial charge in [0, 0.05) is 12.8 Å². The van der Waals surface area contributed by atoms with Crippen LogP contribution in [0.1, 0.15) is 57.0 Å². The number of halogens is 3. The van der Waals surface area contributed by atoms with Crippen LogP contribution in [-0.2, 0) is 22.1 Å². The summed E-state index contributed by atoms with van der Waals surface area (Å²) in [4.78, 5) is 29.9. The van der Waals surface area contributed by atoms with E-state index >= 15 is 0 Å². The van der Waals surface area contributed by atoms with Crippen molar-refractivity contribution in [2.75, 3.05) is 0 Å². The number of benzene rings is 2. The molecule has 0 spiro atoms. The topological polar surface area (TPSA) is 61.2 Å². The predicted molar refractivity (Wildman–Crippen MR) is 120 cm³/mol. The molecule has 0 N–H and O–H groups in total. The van der Waals surface area contributed by atoms with Gasteiger partial charge in [-0.2, -0.15) is 13.2 Å². The molecule has 33 heavy (non-hydrogen) atoms. The number of hydrogen-bond donors (Lipinski definition) is 0. The fourth-order valence-electron chi connectivity index (χ4n) is 3.52. The highest BCUT2D eigenvalue weighted by molar-refractivity contribution is 5.78. The standard InChI is InChI=1S/C25H27F3N2O3/c1-16-9-14-19-20(15-16)29-21(7-5-6-8-22(31)33-24(2,3)4)30(23(19)32)18-12-10-17(11-13-18)25(26,27)28/h9-15H,5-8H2,1-4H3. The van der Waals surface area contributed by atoms with Crippen LogP contribution in [0.5, 0.6) is 0 Å². The molecule has 0 atom stereocenters. The molecule has 3 aromatic rings. The number of rotatable bonds is 6. The molecule has 2 aromatic carbocycles. The molecule has 0 bridgehead atoms. The van der Waals surface area contributed by atoms with E-state index in [1.165, 1.54) is 16.7 Å². The minimum Gasteiger partial charge on any atom is -0.460 e. The first-order chi connectivity index (χ1) is 15.3. The molecule has 0 radical (unpaired) electrons. The molecule has 1 aromatic heterocycles. The Labute approximate surface area is 190 Å². The molecule has 0 unspecified atom stereocenters. The molecule has 0 saturated heterocycles. The third-order valence-electron chi connectivity index (χ3n) is 5.00. The van der Waals surface area contributed by atoms with Gasteiger partial charge in [0.1, 0.15) is 11.4 Å². The molecule has 176 valence electrons. The number of ether oxygens (including phenoxy) is 1. The molecule has 5 nitrogen and oxygen atoms in total. The van der Waals surface area contributed by atoms with Gasteiger partial charge >= 0.3 is 12.1 Å². The summed E-state index contributed by atoms with van der Waals surface area (Å²) in [7, 11) is 0. The van der Waals surface area contributed by atoms with E-state index in [-0.39, 0.29) is 17.9 Å². The van der Waals surface area contributed by atoms with Crippen LogP contribution in [0, 0.1) is 6.92 Å². The van der Waals surface area contributed by atoms with Gasteiger partial charge in [0.25, 0.3) is 5.56 Å². The van der Waals surface area contributed by atoms with Crippen LogP contribution in [0.4, 0.5) is 13.2 Å². The fraction of sp³-hybridized carbons (Fsp3) is 0.400. The Hall–Kier alpha value is -3.16. The number of aromatic nitrogens is 2. The van der Waals surface area contributed by atoms with Gasteiger partial charge in [0.05, 0.1) is 22.2 Å². The minimum atomic E-state index is -4.47. The molecule has 0 aliphatic rings. The van der Waals surface area contributed by atoms with E-state index < -0.39 is 17.3 Å². The third-order valence-corrected chi connectivity index (χ3v) is 5.00. The molecular weight excluding hydrogens is 433 g/mol. The maximum absolute atomic E-state index is 13.3. The Kier molecular flexibility index (Phi) is 6.95. The highest BCUT2D eigenvalue weighted by Gasteiger charge is 2.30. The number of carbonyl (C=O) groups excluding carboxylic acids is 1. The molecule has 3 rings (SSSR count). The molecule has 0 aliphatic carbocycles. The second kappa shape index (κ2) is 9.37. The first-order valence-corrected chi connectivity index (χ1v) is 10.8. The lowest BCUT2D eigenvalue weighted by molar-refractivity contribution is -0.155. The molecule has 0 amide bonds. The molecule has 1 heterocycles. The van der Waals surface area contributed by atoms with E-state index in [2.05, 4.69) is 4.98 Å². The predicted octanol–water partition coefficient (Wildman–Crippen LogP) is 5.77. The summed E-state index contributed by atoms with van der Waals surface area (Å²) in [6, 6.07) is 9.72. The van der Waals surface area contributed by atoms with Gasteiger partial charge in [-0.3, -0.25) is 14.2 Å². The number of unbranched alkanes of at least 4 members (excludes halogenated alkanes) is 1. The quantitative estimate of drug-likeness (QED) is 0.346. The summed E-state index contributed by atoms with van der Waals surface area (Å²) in [6.45, 7) is 7.29. The summed E-state index contributed by atoms with van der Waals surface area (Å²) in [6.07, 6.45) is -2.77. The average molecular weight is 460 g/mol. The van der Waals surface area contributed by atoms with Crippen molar-refractivity contribution >= 4 is 16.9 Å². The van der Waals surface area contributed by atoms with Crippen molar-refractivity contribution in [1.29, 1.82) is 0 Å². The van der Waals surface area contributed by atoms with Crippen LogP contribution in [0.25, 0.3) is 16.6 Å². The number of nitrogens with zero attached hydrogens (tertiary/aromatic N) is 2. The Morgan fingerprint density at radius 2 is 1.70 bits per heavy atom. The summed E-state index contributed by atoms with van der Waals surface area (Å²) >= 11 is 0. The number of aryl methyl sites for hydroxylation is 2. The summed E-state index contributed by atoms with van der Waals surface area (Å²) < 4.78 is 45.6. The SMILES string of the molecule is Cc1ccc2c(=O)n(-c3ccc(C(F)(F)F)cc3)c(CCCCC(=O)OC(C)(C)C)nc2c1. The minimum absolute atomic E-state index is 0.231. The van der Waals surface area contributed by atoms with E-state index in [9.17, 15) is 22.8 Å². The molecular formula is C25H27F3N2O3. The smallest absolute Gasteiger partial charge is 0.416 e. The lowest BCUT2D eigenvalue weighted by Gasteiger charge is -2.19. The zero-order valence-electron chi connectivity index (χ0n) is 19.1. The highest BCUT2D eigenvalue weighted by atomic mass is 19.4. The second-order valence-corrected chi connectivity index (χ2v) is 9.03. The zero-order valence-corrected chi connectivity index (χ0v) is 19.1. The molecule has 8 heteroatoms. The van der Waals surface area contributed by atoms with Gasteiger partial charge in [-0.05, 0) is 82.5 Å². The van der Waals surface area contributed by atoms with E-state index in [1.807, 2.05) is 6.92 Å². The Bertz CT molecular complexity index is 1210. The van der Waals surface area contributed by atoms with Crippen LogP contribution in [0.2, 0.25) is 0 Å². The van der Waals surface area contributed by atoms with Crippen LogP contribution in [0.15, 0.2) is 47.3 Å². The van der Waals surface area contributed by atoms with E-state index in [4.69, 9.17) is 4.74 Å². The third kappa shape index (κ3) is 6.21. The van der Waals surface area contributed by atoms with Gasteiger partial charge in [-0.25, -0.2) is 4.98 Å². The summed E-state index contributed by atoms with van der Waals surface area (Å²) in [5.41, 5.74) is 0.0928. The maximum atomic E-state index is 13.3. The second-order valence-electron chi connectivity index (χ2n) is 9.03. The van der Waals surface area contributed by atoms with E-state index in [0.717, 1.165) is 17.7 Å². The first-order valence-electron chi connectivity index (χ1n) is 10.8. The monoisotopic (exact) mass is 460 g/mol. The average Bonchev–Trinajstić information content (AvgIpc) is 2.69. The van der Waals surface area contributed by atoms with E-state index in [0.29, 0.717) is 41.7 Å². The highest BCUT2D eigenvalue weighted by Crippen LogP contribution is 2.29. The Morgan fingerprint density at radius 1 is 1.03 bits per heavy atom. The normalized spacial score (nSPS) is 12.2. The number of esters is 1. The number of alkyl halides is 3. The maximum Gasteiger partial charge on any atom is 0.416 e. The van der Waals surface area contributed by atoms with Crippen LogP contribution in [-0.4, -0.2) is 21.1 Å². The largest absolute Gasteiger partial charge is 0.460 e. The lowest BCUT2D eigenvalue weighted by Crippen LogP contribution is -2.24. The number of fused-ring (bicyclic) bond motifs is 1. The first kappa shape index (κ1) is 24.5. The molecule has 0 aliphatic heterocycles. The van der Waals surface area contributed by atoms with Gasteiger partial charge in [0.2, 0.25) is 0 Å². The van der Waals surface area contributed by atoms with Crippen molar-refractivity contribution in [3.63, 3.8) is 0 Å². The Morgan fingerprint density at radius 3 is 2.30 bits per heavy atom. The van der Waals surface area contributed by atoms with Gasteiger partial charge in [-0.15, -0.1) is 0 Å². The van der Waals surface area contributed by atoms with Crippen LogP contribution in [0.3, 0.4) is 0 Å². The van der Waals surface area contributed by atoms with Gasteiger partial charge < -0.3 is 4.74 Å². The van der Waals surface area contributed by atoms with Crippen molar-refractivity contribution in [2.24, 2.45) is 0 Å². The van der Waals surface area contributed by atoms with E-state index in [1.54, 1.807) is 39.0 Å². The number of carbonyl (C=O) groups is 1. The molecule has 0 fully saturated rings. The zero-order chi connectivity index (χ0) is 24.4. The van der Waals surface area contributed by atoms with Crippen molar-refractivity contribution < 1.29 is 22.7 Å².